The van der Waals surface area contributed by atoms with E-state index in [1.165, 1.54) is 0 Å². The first-order valence-electron chi connectivity index (χ1n) is 6.43. The number of nitrogens with one attached hydrogen (secondary N) is 1. The maximum atomic E-state index is 11.7. The highest BCUT2D eigenvalue weighted by Crippen LogP contribution is 2.24. The number of hydrogen-bond donors (Lipinski definition) is 2. The molecule has 0 unspecified atom stereocenters. The van der Waals surface area contributed by atoms with Gasteiger partial charge in [0, 0.05) is 6.54 Å². The minimum absolute atomic E-state index is 0.0972. The van der Waals surface area contributed by atoms with E-state index in [1.54, 1.807) is 24.9 Å². The predicted octanol–water partition coefficient (Wildman–Crippen LogP) is 2.09. The van der Waals surface area contributed by atoms with Crippen LogP contribution >= 0.6 is 23.4 Å². The number of methoxy groups -OCH3 is 1. The lowest BCUT2D eigenvalue weighted by Crippen LogP contribution is -2.41. The summed E-state index contributed by atoms with van der Waals surface area (Å²) in [7, 11) is 1.58. The number of halogens is 1. The van der Waals surface area contributed by atoms with Crippen LogP contribution in [0.25, 0.3) is 0 Å². The molecule has 0 saturated heterocycles. The highest BCUT2D eigenvalue weighted by atomic mass is 35.5. The van der Waals surface area contributed by atoms with E-state index in [-0.39, 0.29) is 5.91 Å². The summed E-state index contributed by atoms with van der Waals surface area (Å²) in [6, 6.07) is 5.16. The lowest BCUT2D eigenvalue weighted by atomic mass is 10.1. The first kappa shape index (κ1) is 17.1. The third-order valence-corrected chi connectivity index (χ3v) is 3.85. The van der Waals surface area contributed by atoms with Crippen LogP contribution in [-0.4, -0.2) is 37.6 Å². The second-order valence-corrected chi connectivity index (χ2v) is 5.79. The van der Waals surface area contributed by atoms with E-state index in [9.17, 15) is 4.79 Å². The normalized spacial score (nSPS) is 12.0. The quantitative estimate of drug-likeness (QED) is 0.771. The topological polar surface area (TPSA) is 64.3 Å². The molecule has 0 bridgehead atoms. The number of hydrogen-bond acceptors (Lipinski definition) is 4. The Labute approximate surface area is 129 Å². The van der Waals surface area contributed by atoms with Crippen molar-refractivity contribution < 1.29 is 9.53 Å². The number of amides is 1. The Kier molecular flexibility index (Phi) is 7.80. The Balaban J connectivity index is 2.38. The molecule has 20 heavy (non-hydrogen) atoms. The fourth-order valence-electron chi connectivity index (χ4n) is 1.70. The van der Waals surface area contributed by atoms with Crippen molar-refractivity contribution in [3.05, 3.63) is 28.8 Å². The molecular formula is C14H21ClN2O2S. The lowest BCUT2D eigenvalue weighted by molar-refractivity contribution is -0.122. The number of rotatable bonds is 8. The SMILES string of the molecule is COc1cc(CCNC(=O)[C@@H](N)CCSC)ccc1Cl. The Hall–Kier alpha value is -0.910. The molecule has 112 valence electrons. The fourth-order valence-corrected chi connectivity index (χ4v) is 2.38. The molecule has 0 spiro atoms. The van der Waals surface area contributed by atoms with Gasteiger partial charge in [-0.15, -0.1) is 0 Å². The molecule has 1 atom stereocenters. The van der Waals surface area contributed by atoms with Crippen molar-refractivity contribution in [2.24, 2.45) is 5.73 Å². The van der Waals surface area contributed by atoms with Gasteiger partial charge in [-0.05, 0) is 42.5 Å². The first-order chi connectivity index (χ1) is 9.58. The second-order valence-electron chi connectivity index (χ2n) is 4.40. The first-order valence-corrected chi connectivity index (χ1v) is 8.20. The van der Waals surface area contributed by atoms with Crippen molar-refractivity contribution in [1.29, 1.82) is 0 Å². The predicted molar refractivity (Wildman–Crippen MR) is 85.7 cm³/mol. The third-order valence-electron chi connectivity index (χ3n) is 2.90. The minimum atomic E-state index is -0.429. The summed E-state index contributed by atoms with van der Waals surface area (Å²) >= 11 is 7.64. The summed E-state index contributed by atoms with van der Waals surface area (Å²) in [5, 5.41) is 3.43. The van der Waals surface area contributed by atoms with Gasteiger partial charge in [0.05, 0.1) is 18.2 Å². The van der Waals surface area contributed by atoms with Crippen molar-refractivity contribution in [3.8, 4) is 5.75 Å². The van der Waals surface area contributed by atoms with Gasteiger partial charge in [0.25, 0.3) is 0 Å². The fraction of sp³-hybridized carbons (Fsp3) is 0.500. The van der Waals surface area contributed by atoms with Crippen LogP contribution in [-0.2, 0) is 11.2 Å². The molecule has 1 amide bonds. The number of ether oxygens (including phenoxy) is 1. The summed E-state index contributed by atoms with van der Waals surface area (Å²) in [4.78, 5) is 11.7. The van der Waals surface area contributed by atoms with Crippen LogP contribution in [0.5, 0.6) is 5.75 Å². The molecule has 6 heteroatoms. The zero-order valence-electron chi connectivity index (χ0n) is 11.8. The van der Waals surface area contributed by atoms with Gasteiger partial charge in [-0.3, -0.25) is 4.79 Å². The molecule has 0 aliphatic heterocycles. The lowest BCUT2D eigenvalue weighted by Gasteiger charge is -2.12. The number of benzene rings is 1. The molecule has 0 aliphatic carbocycles. The van der Waals surface area contributed by atoms with Crippen molar-refractivity contribution in [2.75, 3.05) is 25.7 Å². The van der Waals surface area contributed by atoms with Gasteiger partial charge in [-0.25, -0.2) is 0 Å². The third kappa shape index (κ3) is 5.61. The average molecular weight is 317 g/mol. The van der Waals surface area contributed by atoms with E-state index in [0.717, 1.165) is 11.3 Å². The molecule has 0 fully saturated rings. The van der Waals surface area contributed by atoms with Crippen LogP contribution < -0.4 is 15.8 Å². The summed E-state index contributed by atoms with van der Waals surface area (Å²) in [5.74, 6) is 1.44. The zero-order valence-corrected chi connectivity index (χ0v) is 13.4. The van der Waals surface area contributed by atoms with Gasteiger partial charge in [0.15, 0.2) is 0 Å². The van der Waals surface area contributed by atoms with Crippen LogP contribution in [0, 0.1) is 0 Å². The Bertz CT molecular complexity index is 443. The second kappa shape index (κ2) is 9.10. The van der Waals surface area contributed by atoms with Crippen LogP contribution in [0.3, 0.4) is 0 Å². The molecule has 1 aromatic carbocycles. The highest BCUT2D eigenvalue weighted by Gasteiger charge is 2.12. The zero-order chi connectivity index (χ0) is 15.0. The molecule has 4 nitrogen and oxygen atoms in total. The molecule has 0 saturated carbocycles. The maximum absolute atomic E-state index is 11.7. The van der Waals surface area contributed by atoms with Crippen LogP contribution in [0.1, 0.15) is 12.0 Å². The summed E-state index contributed by atoms with van der Waals surface area (Å²) in [6.45, 7) is 0.552. The van der Waals surface area contributed by atoms with Crippen molar-refractivity contribution in [2.45, 2.75) is 18.9 Å². The van der Waals surface area contributed by atoms with E-state index < -0.39 is 6.04 Å². The summed E-state index contributed by atoms with van der Waals surface area (Å²) in [6.07, 6.45) is 3.41. The largest absolute Gasteiger partial charge is 0.495 e. The van der Waals surface area contributed by atoms with Crippen LogP contribution in [0.15, 0.2) is 18.2 Å². The van der Waals surface area contributed by atoms with Gasteiger partial charge in [0.1, 0.15) is 5.75 Å². The van der Waals surface area contributed by atoms with Crippen molar-refractivity contribution >= 4 is 29.3 Å². The summed E-state index contributed by atoms with van der Waals surface area (Å²) in [5.41, 5.74) is 6.84. The Morgan fingerprint density at radius 1 is 1.55 bits per heavy atom. The molecule has 1 rings (SSSR count). The molecule has 3 N–H and O–H groups in total. The average Bonchev–Trinajstić information content (AvgIpc) is 2.46. The van der Waals surface area contributed by atoms with Crippen molar-refractivity contribution in [3.63, 3.8) is 0 Å². The van der Waals surface area contributed by atoms with Crippen LogP contribution in [0.2, 0.25) is 5.02 Å². The van der Waals surface area contributed by atoms with E-state index in [1.807, 2.05) is 18.4 Å². The molecule has 0 aliphatic rings. The summed E-state index contributed by atoms with van der Waals surface area (Å²) < 4.78 is 5.15. The minimum Gasteiger partial charge on any atom is -0.495 e. The van der Waals surface area contributed by atoms with Gasteiger partial charge in [0.2, 0.25) is 5.91 Å². The molecule has 0 aromatic heterocycles. The number of carbonyl (C=O) groups is 1. The van der Waals surface area contributed by atoms with Gasteiger partial charge in [-0.1, -0.05) is 17.7 Å². The monoisotopic (exact) mass is 316 g/mol. The Morgan fingerprint density at radius 2 is 2.30 bits per heavy atom. The van der Waals surface area contributed by atoms with E-state index in [4.69, 9.17) is 22.1 Å². The number of thioether (sulfide) groups is 1. The highest BCUT2D eigenvalue weighted by molar-refractivity contribution is 7.98. The molecular weight excluding hydrogens is 296 g/mol. The van der Waals surface area contributed by atoms with Gasteiger partial charge < -0.3 is 15.8 Å². The van der Waals surface area contributed by atoms with Gasteiger partial charge in [-0.2, -0.15) is 11.8 Å². The number of carbonyl (C=O) groups excluding carboxylic acids is 1. The molecule has 0 heterocycles. The van der Waals surface area contributed by atoms with E-state index >= 15 is 0 Å². The van der Waals surface area contributed by atoms with Crippen LogP contribution in [0.4, 0.5) is 0 Å². The Morgan fingerprint density at radius 3 is 2.95 bits per heavy atom. The molecule has 0 radical (unpaired) electrons. The standard InChI is InChI=1S/C14H21ClN2O2S/c1-19-13-9-10(3-4-11(13)15)5-7-17-14(18)12(16)6-8-20-2/h3-4,9,12H,5-8,16H2,1-2H3,(H,17,18)/t12-/m0/s1. The smallest absolute Gasteiger partial charge is 0.236 e. The van der Waals surface area contributed by atoms with Gasteiger partial charge >= 0.3 is 0 Å². The van der Waals surface area contributed by atoms with E-state index in [0.29, 0.717) is 30.2 Å². The molecule has 1 aromatic rings. The maximum Gasteiger partial charge on any atom is 0.236 e. The number of nitrogens with two attached hydrogens (primary N) is 1. The van der Waals surface area contributed by atoms with E-state index in [2.05, 4.69) is 5.32 Å². The van der Waals surface area contributed by atoms with Crippen molar-refractivity contribution in [1.82, 2.24) is 5.32 Å².